The molecule has 0 bridgehead atoms. The zero-order chi connectivity index (χ0) is 12.0. The quantitative estimate of drug-likeness (QED) is 0.725. The molecule has 0 heterocycles. The molecule has 0 aliphatic heterocycles. The zero-order valence-electron chi connectivity index (χ0n) is 9.48. The van der Waals surface area contributed by atoms with E-state index in [1.165, 1.54) is 0 Å². The van der Waals surface area contributed by atoms with Gasteiger partial charge in [-0.2, -0.15) is 0 Å². The third-order valence-corrected chi connectivity index (χ3v) is 2.53. The Bertz CT molecular complexity index is 365. The van der Waals surface area contributed by atoms with Gasteiger partial charge in [-0.05, 0) is 0 Å². The monoisotopic (exact) mass is 262 g/mol. The maximum atomic E-state index is 5.41. The molecule has 1 rings (SSSR count). The fourth-order valence-electron chi connectivity index (χ4n) is 1.15. The van der Waals surface area contributed by atoms with Crippen molar-refractivity contribution in [3.8, 4) is 11.5 Å². The van der Waals surface area contributed by atoms with Crippen molar-refractivity contribution in [1.82, 2.24) is 0 Å². The Morgan fingerprint density at radius 2 is 2.00 bits per heavy atom. The van der Waals surface area contributed by atoms with Crippen LogP contribution in [0.4, 0.5) is 0 Å². The van der Waals surface area contributed by atoms with Crippen LogP contribution in [0.25, 0.3) is 0 Å². The summed E-state index contributed by atoms with van der Waals surface area (Å²) in [5.74, 6) is 1.42. The number of ether oxygens (including phenoxy) is 4. The fourth-order valence-corrected chi connectivity index (χ4v) is 1.40. The van der Waals surface area contributed by atoms with Crippen LogP contribution in [-0.4, -0.2) is 32.7 Å². The molecule has 0 aliphatic carbocycles. The number of hydrogen-bond acceptors (Lipinski definition) is 4. The summed E-state index contributed by atoms with van der Waals surface area (Å²) in [5, 5.41) is 0. The van der Waals surface area contributed by atoms with Crippen LogP contribution in [-0.2, 0) is 25.3 Å². The van der Waals surface area contributed by atoms with Crippen molar-refractivity contribution in [2.75, 3.05) is 28.1 Å². The molecule has 4 nitrogen and oxygen atoms in total. The third-order valence-electron chi connectivity index (χ3n) is 1.92. The van der Waals surface area contributed by atoms with E-state index in [0.29, 0.717) is 10.3 Å². The molecule has 0 aliphatic rings. The molecule has 0 saturated heterocycles. The molecule has 0 spiro atoms. The molecule has 0 amide bonds. The van der Waals surface area contributed by atoms with Crippen molar-refractivity contribution in [1.29, 1.82) is 0 Å². The molecule has 0 N–H and O–H groups in total. The van der Waals surface area contributed by atoms with Crippen LogP contribution in [0, 0.1) is 0 Å². The third kappa shape index (κ3) is 3.32. The van der Waals surface area contributed by atoms with Crippen molar-refractivity contribution in [2.24, 2.45) is 0 Å². The van der Waals surface area contributed by atoms with Gasteiger partial charge in [0, 0.05) is 0 Å². The van der Waals surface area contributed by atoms with Crippen molar-refractivity contribution < 1.29 is 34.8 Å². The standard InChI is InChI=1S/C11H14O4.Cr/c1-12-7-9-6-10(14-3)4-5-11(9)15-8-13-2;/h4-6H,8H2,1-3H3;. The van der Waals surface area contributed by atoms with Crippen LogP contribution in [0.5, 0.6) is 11.5 Å². The number of rotatable bonds is 6. The first kappa shape index (κ1) is 13.2. The molecule has 1 aromatic rings. The zero-order valence-corrected chi connectivity index (χ0v) is 10.8. The van der Waals surface area contributed by atoms with Crippen molar-refractivity contribution in [2.45, 2.75) is 0 Å². The topological polar surface area (TPSA) is 36.9 Å². The van der Waals surface area contributed by atoms with Crippen LogP contribution in [0.1, 0.15) is 5.56 Å². The molecule has 0 atom stereocenters. The predicted molar refractivity (Wildman–Crippen MR) is 56.6 cm³/mol. The normalized spacial score (nSPS) is 9.94. The second-order valence-corrected chi connectivity index (χ2v) is 3.48. The fraction of sp³-hybridized carbons (Fsp3) is 0.364. The Hall–Kier alpha value is -0.858. The average Bonchev–Trinajstić information content (AvgIpc) is 2.35. The van der Waals surface area contributed by atoms with E-state index in [4.69, 9.17) is 18.9 Å². The van der Waals surface area contributed by atoms with Crippen LogP contribution in [0.2, 0.25) is 0 Å². The van der Waals surface area contributed by atoms with E-state index in [-0.39, 0.29) is 6.79 Å². The van der Waals surface area contributed by atoms with Crippen LogP contribution < -0.4 is 9.47 Å². The summed E-state index contributed by atoms with van der Waals surface area (Å²) in [6.07, 6.45) is 0. The molecule has 1 aromatic carbocycles. The molecule has 0 aromatic heterocycles. The molecule has 0 fully saturated rings. The van der Waals surface area contributed by atoms with E-state index in [1.807, 2.05) is 18.2 Å². The Morgan fingerprint density at radius 3 is 2.56 bits per heavy atom. The second-order valence-electron chi connectivity index (χ2n) is 2.90. The molecule has 0 unspecified atom stereocenters. The first-order valence-corrected chi connectivity index (χ1v) is 5.24. The Kier molecular flexibility index (Phi) is 5.50. The number of hydrogen-bond donors (Lipinski definition) is 0. The van der Waals surface area contributed by atoms with Gasteiger partial charge in [0.1, 0.15) is 0 Å². The first-order chi connectivity index (χ1) is 7.72. The Labute approximate surface area is 103 Å². The van der Waals surface area contributed by atoms with E-state index in [0.717, 1.165) is 11.3 Å². The van der Waals surface area contributed by atoms with Gasteiger partial charge in [-0.25, -0.2) is 0 Å². The number of benzene rings is 1. The van der Waals surface area contributed by atoms with Crippen molar-refractivity contribution in [3.05, 3.63) is 23.8 Å². The molecule has 16 heavy (non-hydrogen) atoms. The van der Waals surface area contributed by atoms with Gasteiger partial charge < -0.3 is 0 Å². The summed E-state index contributed by atoms with van der Waals surface area (Å²) in [7, 11) is 4.77. The molecule has 5 heteroatoms. The molecule has 0 radical (unpaired) electrons. The molecular weight excluding hydrogens is 248 g/mol. The molecule has 0 saturated carbocycles. The number of methoxy groups -OCH3 is 3. The first-order valence-electron chi connectivity index (χ1n) is 4.61. The SMILES string of the molecule is COCOc1ccc(OC)cc1[C](=[Cr])OC. The van der Waals surface area contributed by atoms with Gasteiger partial charge in [0.2, 0.25) is 0 Å². The summed E-state index contributed by atoms with van der Waals surface area (Å²) < 4.78 is 21.2. The summed E-state index contributed by atoms with van der Waals surface area (Å²) in [4.78, 5) is 0. The second kappa shape index (κ2) is 6.67. The van der Waals surface area contributed by atoms with Crippen LogP contribution >= 0.6 is 0 Å². The van der Waals surface area contributed by atoms with Gasteiger partial charge in [-0.3, -0.25) is 0 Å². The maximum absolute atomic E-state index is 5.41. The summed E-state index contributed by atoms with van der Waals surface area (Å²) in [6, 6.07) is 5.46. The summed E-state index contributed by atoms with van der Waals surface area (Å²) in [6.45, 7) is 0.191. The van der Waals surface area contributed by atoms with Crippen LogP contribution in [0.15, 0.2) is 18.2 Å². The van der Waals surface area contributed by atoms with E-state index in [2.05, 4.69) is 15.9 Å². The predicted octanol–water partition coefficient (Wildman–Crippen LogP) is 1.35. The Morgan fingerprint density at radius 1 is 1.25 bits per heavy atom. The molecular formula is C11H14CrO4. The van der Waals surface area contributed by atoms with Gasteiger partial charge in [-0.1, -0.05) is 0 Å². The van der Waals surface area contributed by atoms with Crippen molar-refractivity contribution in [3.63, 3.8) is 0 Å². The summed E-state index contributed by atoms with van der Waals surface area (Å²) >= 11 is 2.83. The van der Waals surface area contributed by atoms with E-state index >= 15 is 0 Å². The minimum atomic E-state index is 0.191. The summed E-state index contributed by atoms with van der Waals surface area (Å²) in [5.41, 5.74) is 0.805. The van der Waals surface area contributed by atoms with Crippen LogP contribution in [0.3, 0.4) is 0 Å². The average molecular weight is 262 g/mol. The van der Waals surface area contributed by atoms with E-state index < -0.39 is 0 Å². The van der Waals surface area contributed by atoms with Gasteiger partial charge in [0.15, 0.2) is 0 Å². The van der Waals surface area contributed by atoms with Gasteiger partial charge in [0.05, 0.1) is 0 Å². The van der Waals surface area contributed by atoms with Crippen molar-refractivity contribution >= 4 is 4.57 Å². The van der Waals surface area contributed by atoms with Gasteiger partial charge in [-0.15, -0.1) is 0 Å². The molecule has 88 valence electrons. The minimum absolute atomic E-state index is 0.191. The van der Waals surface area contributed by atoms with Gasteiger partial charge in [0.25, 0.3) is 0 Å². The van der Waals surface area contributed by atoms with E-state index in [9.17, 15) is 0 Å². The van der Waals surface area contributed by atoms with Gasteiger partial charge >= 0.3 is 103 Å². The Balaban J connectivity index is 3.01. The van der Waals surface area contributed by atoms with E-state index in [1.54, 1.807) is 21.3 Å².